The van der Waals surface area contributed by atoms with Gasteiger partial charge in [0.1, 0.15) is 6.10 Å². The summed E-state index contributed by atoms with van der Waals surface area (Å²) < 4.78 is 5.51. The molecule has 0 aliphatic heterocycles. The van der Waals surface area contributed by atoms with Crippen LogP contribution in [0.25, 0.3) is 0 Å². The van der Waals surface area contributed by atoms with Gasteiger partial charge >= 0.3 is 6.09 Å². The Morgan fingerprint density at radius 2 is 2.14 bits per heavy atom. The molecule has 1 fully saturated rings. The zero-order valence-electron chi connectivity index (χ0n) is 17.1. The quantitative estimate of drug-likeness (QED) is 0.657. The summed E-state index contributed by atoms with van der Waals surface area (Å²) >= 11 is 0. The van der Waals surface area contributed by atoms with Crippen LogP contribution in [0, 0.1) is 6.92 Å². The lowest BCUT2D eigenvalue weighted by atomic mass is 10.0. The summed E-state index contributed by atoms with van der Waals surface area (Å²) in [6, 6.07) is 1.94. The van der Waals surface area contributed by atoms with Crippen molar-refractivity contribution in [3.8, 4) is 0 Å². The summed E-state index contributed by atoms with van der Waals surface area (Å²) in [6.45, 7) is 5.81. The summed E-state index contributed by atoms with van der Waals surface area (Å²) in [4.78, 5) is 32.4. The molecule has 3 atom stereocenters. The standard InChI is InChI=1S/C20H28N6O3/c1-4-12(2)23-20(28)29-16-6-5-14(7-16)17-9-18(26-25-17)24-19(27)8-15-11-21-13(3)10-22-15/h9-12,14,16H,4-8H2,1-3H3,(H,23,28)(H2,24,25,26,27)/t12-,14-,16+/m0/s1. The lowest BCUT2D eigenvalue weighted by molar-refractivity contribution is -0.115. The average Bonchev–Trinajstić information content (AvgIpc) is 3.32. The van der Waals surface area contributed by atoms with Crippen molar-refractivity contribution in [3.05, 3.63) is 35.5 Å². The molecule has 0 saturated heterocycles. The number of alkyl carbamates (subject to hydrolysis) is 1. The first kappa shape index (κ1) is 20.8. The fraction of sp³-hybridized carbons (Fsp3) is 0.550. The number of rotatable bonds is 7. The highest BCUT2D eigenvalue weighted by molar-refractivity contribution is 5.91. The Labute approximate surface area is 170 Å². The maximum Gasteiger partial charge on any atom is 0.407 e. The third kappa shape index (κ3) is 6.00. The molecule has 0 radical (unpaired) electrons. The zero-order valence-corrected chi connectivity index (χ0v) is 17.1. The van der Waals surface area contributed by atoms with Crippen LogP contribution in [0.2, 0.25) is 0 Å². The van der Waals surface area contributed by atoms with E-state index in [9.17, 15) is 9.59 Å². The Bertz CT molecular complexity index is 835. The number of H-pyrrole nitrogens is 1. The number of ether oxygens (including phenoxy) is 1. The van der Waals surface area contributed by atoms with E-state index in [-0.39, 0.29) is 36.5 Å². The molecular formula is C20H28N6O3. The molecule has 0 aromatic carbocycles. The van der Waals surface area contributed by atoms with E-state index in [4.69, 9.17) is 4.74 Å². The minimum atomic E-state index is -0.359. The van der Waals surface area contributed by atoms with Crippen LogP contribution in [0.5, 0.6) is 0 Å². The number of carbonyl (C=O) groups is 2. The molecule has 1 aliphatic rings. The van der Waals surface area contributed by atoms with Crippen LogP contribution < -0.4 is 10.6 Å². The predicted octanol–water partition coefficient (Wildman–Crippen LogP) is 2.85. The number of aromatic amines is 1. The predicted molar refractivity (Wildman–Crippen MR) is 107 cm³/mol. The Morgan fingerprint density at radius 1 is 1.31 bits per heavy atom. The van der Waals surface area contributed by atoms with Crippen LogP contribution >= 0.6 is 0 Å². The number of hydrogen-bond acceptors (Lipinski definition) is 6. The molecule has 9 nitrogen and oxygen atoms in total. The van der Waals surface area contributed by atoms with Crippen molar-refractivity contribution in [1.29, 1.82) is 0 Å². The SMILES string of the molecule is CC[C@H](C)NC(=O)O[C@@H]1CC[C@H](c2cc(NC(=O)Cc3cnc(C)cn3)n[nH]2)C1. The van der Waals surface area contributed by atoms with Crippen LogP contribution in [0.4, 0.5) is 10.6 Å². The summed E-state index contributed by atoms with van der Waals surface area (Å²) in [5, 5.41) is 12.8. The molecule has 2 amide bonds. The second-order valence-electron chi connectivity index (χ2n) is 7.57. The molecule has 0 unspecified atom stereocenters. The van der Waals surface area contributed by atoms with E-state index in [0.29, 0.717) is 11.5 Å². The van der Waals surface area contributed by atoms with Gasteiger partial charge in [0.2, 0.25) is 5.91 Å². The van der Waals surface area contributed by atoms with E-state index in [0.717, 1.165) is 37.1 Å². The fourth-order valence-corrected chi connectivity index (χ4v) is 3.29. The molecule has 0 bridgehead atoms. The summed E-state index contributed by atoms with van der Waals surface area (Å²) in [5.41, 5.74) is 2.35. The van der Waals surface area contributed by atoms with Crippen molar-refractivity contribution in [3.63, 3.8) is 0 Å². The largest absolute Gasteiger partial charge is 0.446 e. The summed E-state index contributed by atoms with van der Waals surface area (Å²) in [6.07, 6.45) is 6.22. The number of anilines is 1. The lowest BCUT2D eigenvalue weighted by Crippen LogP contribution is -2.34. The van der Waals surface area contributed by atoms with E-state index in [1.807, 2.05) is 26.8 Å². The second-order valence-corrected chi connectivity index (χ2v) is 7.57. The number of amides is 2. The van der Waals surface area contributed by atoms with Crippen LogP contribution in [-0.2, 0) is 16.0 Å². The molecule has 3 N–H and O–H groups in total. The Morgan fingerprint density at radius 3 is 2.86 bits per heavy atom. The van der Waals surface area contributed by atoms with Crippen LogP contribution in [0.3, 0.4) is 0 Å². The van der Waals surface area contributed by atoms with E-state index >= 15 is 0 Å². The van der Waals surface area contributed by atoms with Gasteiger partial charge in [-0.25, -0.2) is 4.79 Å². The van der Waals surface area contributed by atoms with E-state index in [1.54, 1.807) is 12.4 Å². The highest BCUT2D eigenvalue weighted by atomic mass is 16.6. The van der Waals surface area contributed by atoms with Gasteiger partial charge in [-0.2, -0.15) is 5.10 Å². The monoisotopic (exact) mass is 400 g/mol. The Balaban J connectivity index is 1.48. The van der Waals surface area contributed by atoms with E-state index in [1.165, 1.54) is 0 Å². The number of nitrogens with one attached hydrogen (secondary N) is 3. The number of hydrogen-bond donors (Lipinski definition) is 3. The third-order valence-corrected chi connectivity index (χ3v) is 5.12. The van der Waals surface area contributed by atoms with Gasteiger partial charge in [-0.15, -0.1) is 0 Å². The molecule has 2 aromatic rings. The van der Waals surface area contributed by atoms with Gasteiger partial charge in [-0.1, -0.05) is 6.92 Å². The molecular weight excluding hydrogens is 372 g/mol. The van der Waals surface area contributed by atoms with Gasteiger partial charge in [0.05, 0.1) is 17.8 Å². The highest BCUT2D eigenvalue weighted by Gasteiger charge is 2.30. The van der Waals surface area contributed by atoms with Crippen molar-refractivity contribution >= 4 is 17.8 Å². The summed E-state index contributed by atoms with van der Waals surface area (Å²) in [7, 11) is 0. The van der Waals surface area contributed by atoms with Gasteiger partial charge in [0.25, 0.3) is 0 Å². The molecule has 156 valence electrons. The minimum Gasteiger partial charge on any atom is -0.446 e. The van der Waals surface area contributed by atoms with Gasteiger partial charge in [-0.05, 0) is 39.5 Å². The second kappa shape index (κ2) is 9.49. The molecule has 2 aromatic heterocycles. The normalized spacial score (nSPS) is 19.6. The molecule has 0 spiro atoms. The smallest absolute Gasteiger partial charge is 0.407 e. The number of carbonyl (C=O) groups excluding carboxylic acids is 2. The maximum absolute atomic E-state index is 12.2. The molecule has 1 aliphatic carbocycles. The highest BCUT2D eigenvalue weighted by Crippen LogP contribution is 2.35. The zero-order chi connectivity index (χ0) is 20.8. The number of aromatic nitrogens is 4. The Hall–Kier alpha value is -2.97. The van der Waals surface area contributed by atoms with Gasteiger partial charge in [0.15, 0.2) is 5.82 Å². The Kier molecular flexibility index (Phi) is 6.79. The average molecular weight is 400 g/mol. The van der Waals surface area contributed by atoms with Crippen molar-refractivity contribution in [2.75, 3.05) is 5.32 Å². The first-order valence-corrected chi connectivity index (χ1v) is 10.0. The van der Waals surface area contributed by atoms with Gasteiger partial charge in [-0.3, -0.25) is 19.9 Å². The van der Waals surface area contributed by atoms with Crippen LogP contribution in [-0.4, -0.2) is 44.3 Å². The number of aryl methyl sites for hydroxylation is 1. The van der Waals surface area contributed by atoms with Crippen molar-refractivity contribution in [1.82, 2.24) is 25.5 Å². The molecule has 1 saturated carbocycles. The third-order valence-electron chi connectivity index (χ3n) is 5.12. The molecule has 9 heteroatoms. The summed E-state index contributed by atoms with van der Waals surface area (Å²) in [5.74, 6) is 0.497. The van der Waals surface area contributed by atoms with Gasteiger partial charge < -0.3 is 15.4 Å². The number of nitrogens with zero attached hydrogens (tertiary/aromatic N) is 3. The lowest BCUT2D eigenvalue weighted by Gasteiger charge is -2.16. The van der Waals surface area contributed by atoms with Gasteiger partial charge in [0, 0.05) is 36.1 Å². The van der Waals surface area contributed by atoms with Crippen molar-refractivity contribution in [2.24, 2.45) is 0 Å². The van der Waals surface area contributed by atoms with Crippen LogP contribution in [0.15, 0.2) is 18.5 Å². The van der Waals surface area contributed by atoms with Crippen molar-refractivity contribution in [2.45, 2.75) is 70.9 Å². The minimum absolute atomic E-state index is 0.101. The topological polar surface area (TPSA) is 122 Å². The maximum atomic E-state index is 12.2. The first-order valence-electron chi connectivity index (χ1n) is 10.0. The molecule has 29 heavy (non-hydrogen) atoms. The first-order chi connectivity index (χ1) is 13.9. The van der Waals surface area contributed by atoms with E-state index in [2.05, 4.69) is 30.8 Å². The molecule has 2 heterocycles. The molecule has 3 rings (SSSR count). The van der Waals surface area contributed by atoms with E-state index < -0.39 is 0 Å². The van der Waals surface area contributed by atoms with Crippen LogP contribution in [0.1, 0.15) is 62.5 Å². The fourth-order valence-electron chi connectivity index (χ4n) is 3.29. The van der Waals surface area contributed by atoms with Crippen molar-refractivity contribution < 1.29 is 14.3 Å².